The second kappa shape index (κ2) is 5.95. The topological polar surface area (TPSA) is 149 Å². The molecule has 0 amide bonds. The van der Waals surface area contributed by atoms with Gasteiger partial charge in [-0.2, -0.15) is 0 Å². The largest absolute Gasteiger partial charge is 0.388 e. The average molecular weight is 282 g/mol. The van der Waals surface area contributed by atoms with Gasteiger partial charge in [-0.15, -0.1) is 0 Å². The van der Waals surface area contributed by atoms with Crippen molar-refractivity contribution in [2.24, 2.45) is 0 Å². The highest BCUT2D eigenvalue weighted by Gasteiger charge is 2.44. The molecule has 112 valence electrons. The van der Waals surface area contributed by atoms with E-state index in [1.807, 2.05) is 0 Å². The van der Waals surface area contributed by atoms with Crippen LogP contribution in [0.4, 0.5) is 0 Å². The first-order valence-corrected chi connectivity index (χ1v) is 5.89. The summed E-state index contributed by atoms with van der Waals surface area (Å²) in [6.07, 6.45) is -11.0. The molecule has 2 heterocycles. The van der Waals surface area contributed by atoms with Gasteiger partial charge in [-0.25, -0.2) is 0 Å². The summed E-state index contributed by atoms with van der Waals surface area (Å²) in [7, 11) is 0. The van der Waals surface area contributed by atoms with E-state index in [4.69, 9.17) is 19.3 Å². The fourth-order valence-electron chi connectivity index (χ4n) is 1.97. The molecule has 2 rings (SSSR count). The molecule has 0 spiro atoms. The predicted octanol–water partition coefficient (Wildman–Crippen LogP) is -4.12. The lowest BCUT2D eigenvalue weighted by Gasteiger charge is -2.40. The number of rotatable bonds is 2. The third kappa shape index (κ3) is 3.05. The summed E-state index contributed by atoms with van der Waals surface area (Å²) >= 11 is 0. The summed E-state index contributed by atoms with van der Waals surface area (Å²) in [6.45, 7) is -0.456. The van der Waals surface area contributed by atoms with E-state index in [-0.39, 0.29) is 13.2 Å². The standard InChI is InChI=1S/C10H18O9/c11-3-1-18-10(8(15)5(3)12)19-4-2-17-9(16)7(14)6(4)13/h3-16H,1-2H2/t3-,4+,5+,6+,7-,8-,9?,10+/m1/s1. The lowest BCUT2D eigenvalue weighted by molar-refractivity contribution is -0.323. The minimum absolute atomic E-state index is 0.218. The Bertz CT molecular complexity index is 273. The van der Waals surface area contributed by atoms with Gasteiger partial charge in [0.1, 0.15) is 36.6 Å². The van der Waals surface area contributed by atoms with Gasteiger partial charge in [-0.1, -0.05) is 0 Å². The van der Waals surface area contributed by atoms with E-state index < -0.39 is 49.2 Å². The second-order valence-corrected chi connectivity index (χ2v) is 4.63. The quantitative estimate of drug-likeness (QED) is 0.297. The fourth-order valence-corrected chi connectivity index (χ4v) is 1.97. The lowest BCUT2D eigenvalue weighted by atomic mass is 10.0. The first kappa shape index (κ1) is 15.0. The van der Waals surface area contributed by atoms with Crippen LogP contribution in [0.2, 0.25) is 0 Å². The highest BCUT2D eigenvalue weighted by atomic mass is 16.7. The van der Waals surface area contributed by atoms with Gasteiger partial charge in [-0.05, 0) is 0 Å². The van der Waals surface area contributed by atoms with E-state index in [1.54, 1.807) is 0 Å². The zero-order valence-corrected chi connectivity index (χ0v) is 9.94. The summed E-state index contributed by atoms with van der Waals surface area (Å²) in [5.41, 5.74) is 0. The molecule has 2 aliphatic rings. The summed E-state index contributed by atoms with van der Waals surface area (Å²) < 4.78 is 15.0. The van der Waals surface area contributed by atoms with Crippen LogP contribution >= 0.6 is 0 Å². The Morgan fingerprint density at radius 3 is 2.11 bits per heavy atom. The van der Waals surface area contributed by atoms with E-state index in [9.17, 15) is 25.5 Å². The van der Waals surface area contributed by atoms with E-state index in [0.29, 0.717) is 0 Å². The van der Waals surface area contributed by atoms with Crippen LogP contribution in [-0.2, 0) is 14.2 Å². The van der Waals surface area contributed by atoms with Gasteiger partial charge in [0.2, 0.25) is 0 Å². The molecule has 2 fully saturated rings. The molecule has 1 unspecified atom stereocenters. The Labute approximate surface area is 108 Å². The van der Waals surface area contributed by atoms with E-state index >= 15 is 0 Å². The molecule has 6 N–H and O–H groups in total. The molecule has 8 atom stereocenters. The van der Waals surface area contributed by atoms with Crippen LogP contribution in [0.5, 0.6) is 0 Å². The van der Waals surface area contributed by atoms with Crippen LogP contribution in [0.3, 0.4) is 0 Å². The van der Waals surface area contributed by atoms with Crippen molar-refractivity contribution >= 4 is 0 Å². The van der Waals surface area contributed by atoms with Crippen molar-refractivity contribution in [1.82, 2.24) is 0 Å². The Hall–Kier alpha value is -0.360. The maximum absolute atomic E-state index is 9.68. The zero-order chi connectivity index (χ0) is 14.2. The predicted molar refractivity (Wildman–Crippen MR) is 56.6 cm³/mol. The van der Waals surface area contributed by atoms with Crippen LogP contribution in [0.25, 0.3) is 0 Å². The van der Waals surface area contributed by atoms with Gasteiger partial charge >= 0.3 is 0 Å². The van der Waals surface area contributed by atoms with E-state index in [1.165, 1.54) is 0 Å². The summed E-state index contributed by atoms with van der Waals surface area (Å²) in [4.78, 5) is 0. The Morgan fingerprint density at radius 2 is 1.42 bits per heavy atom. The third-order valence-electron chi connectivity index (χ3n) is 3.22. The molecular weight excluding hydrogens is 264 g/mol. The number of hydrogen-bond donors (Lipinski definition) is 6. The maximum atomic E-state index is 9.68. The highest BCUT2D eigenvalue weighted by molar-refractivity contribution is 4.87. The molecule has 0 saturated carbocycles. The van der Waals surface area contributed by atoms with Gasteiger partial charge in [-0.3, -0.25) is 0 Å². The van der Waals surface area contributed by atoms with Crippen LogP contribution in [0, 0.1) is 0 Å². The van der Waals surface area contributed by atoms with Crippen molar-refractivity contribution in [3.63, 3.8) is 0 Å². The van der Waals surface area contributed by atoms with Crippen LogP contribution in [-0.4, -0.2) is 93.1 Å². The second-order valence-electron chi connectivity index (χ2n) is 4.63. The maximum Gasteiger partial charge on any atom is 0.186 e. The molecular formula is C10H18O9. The van der Waals surface area contributed by atoms with E-state index in [2.05, 4.69) is 0 Å². The van der Waals surface area contributed by atoms with Crippen LogP contribution in [0.1, 0.15) is 0 Å². The molecule has 19 heavy (non-hydrogen) atoms. The van der Waals surface area contributed by atoms with E-state index in [0.717, 1.165) is 0 Å². The third-order valence-corrected chi connectivity index (χ3v) is 3.22. The van der Waals surface area contributed by atoms with Crippen molar-refractivity contribution in [1.29, 1.82) is 0 Å². The van der Waals surface area contributed by atoms with Gasteiger partial charge in [0.15, 0.2) is 12.6 Å². The molecule has 0 radical (unpaired) electrons. The van der Waals surface area contributed by atoms with Crippen molar-refractivity contribution < 1.29 is 44.8 Å². The van der Waals surface area contributed by atoms with Crippen molar-refractivity contribution in [2.75, 3.05) is 13.2 Å². The van der Waals surface area contributed by atoms with Crippen molar-refractivity contribution in [3.05, 3.63) is 0 Å². The minimum Gasteiger partial charge on any atom is -0.388 e. The first-order valence-electron chi connectivity index (χ1n) is 5.89. The molecule has 0 aromatic rings. The molecule has 9 heteroatoms. The van der Waals surface area contributed by atoms with Gasteiger partial charge < -0.3 is 44.8 Å². The molecule has 0 aliphatic carbocycles. The van der Waals surface area contributed by atoms with Crippen LogP contribution < -0.4 is 0 Å². The van der Waals surface area contributed by atoms with Gasteiger partial charge in [0.25, 0.3) is 0 Å². The van der Waals surface area contributed by atoms with Gasteiger partial charge in [0, 0.05) is 0 Å². The number of aliphatic hydroxyl groups excluding tert-OH is 6. The van der Waals surface area contributed by atoms with Crippen molar-refractivity contribution in [2.45, 2.75) is 49.2 Å². The molecule has 2 aliphatic heterocycles. The Balaban J connectivity index is 1.94. The summed E-state index contributed by atoms with van der Waals surface area (Å²) in [6, 6.07) is 0. The Kier molecular flexibility index (Phi) is 4.71. The van der Waals surface area contributed by atoms with Gasteiger partial charge in [0.05, 0.1) is 13.2 Å². The molecule has 2 saturated heterocycles. The molecule has 9 nitrogen and oxygen atoms in total. The minimum atomic E-state index is -1.55. The normalized spacial score (nSPS) is 52.1. The number of ether oxygens (including phenoxy) is 3. The summed E-state index contributed by atoms with van der Waals surface area (Å²) in [5, 5.41) is 56.6. The molecule has 0 aromatic heterocycles. The first-order chi connectivity index (χ1) is 8.91. The lowest BCUT2D eigenvalue weighted by Crippen LogP contribution is -2.59. The smallest absolute Gasteiger partial charge is 0.186 e. The molecule has 0 aromatic carbocycles. The monoisotopic (exact) mass is 282 g/mol. The number of hydrogen-bond acceptors (Lipinski definition) is 9. The highest BCUT2D eigenvalue weighted by Crippen LogP contribution is 2.22. The molecule has 0 bridgehead atoms. The SMILES string of the molecule is OC1OC[C@H](O[C@@H]2OC[C@@H](O)[C@H](O)[C@H]2O)[C@H](O)[C@H]1O. The summed E-state index contributed by atoms with van der Waals surface area (Å²) in [5.74, 6) is 0. The van der Waals surface area contributed by atoms with Crippen LogP contribution in [0.15, 0.2) is 0 Å². The average Bonchev–Trinajstić information content (AvgIpc) is 2.39. The zero-order valence-electron chi connectivity index (χ0n) is 9.94. The fraction of sp³-hybridized carbons (Fsp3) is 1.00. The van der Waals surface area contributed by atoms with Crippen molar-refractivity contribution in [3.8, 4) is 0 Å². The Morgan fingerprint density at radius 1 is 0.737 bits per heavy atom. The number of aliphatic hydroxyl groups is 6.